The van der Waals surface area contributed by atoms with E-state index in [-0.39, 0.29) is 17.2 Å². The van der Waals surface area contributed by atoms with Gasteiger partial charge in [-0.3, -0.25) is 4.79 Å². The highest BCUT2D eigenvalue weighted by Gasteiger charge is 2.61. The van der Waals surface area contributed by atoms with E-state index < -0.39 is 0 Å². The molecule has 2 aliphatic rings. The van der Waals surface area contributed by atoms with Gasteiger partial charge in [-0.05, 0) is 32.6 Å². The molecule has 3 rings (SSSR count). The molecule has 1 saturated carbocycles. The van der Waals surface area contributed by atoms with Gasteiger partial charge in [-0.2, -0.15) is 0 Å². The third kappa shape index (κ3) is 2.63. The number of carbonyl (C=O) groups is 1. The van der Waals surface area contributed by atoms with Crippen molar-refractivity contribution in [3.05, 3.63) is 42.0 Å². The highest BCUT2D eigenvalue weighted by Crippen LogP contribution is 2.59. The van der Waals surface area contributed by atoms with Gasteiger partial charge in [0.2, 0.25) is 5.91 Å². The zero-order valence-electron chi connectivity index (χ0n) is 13.0. The summed E-state index contributed by atoms with van der Waals surface area (Å²) in [5.41, 5.74) is 6.16. The van der Waals surface area contributed by atoms with E-state index in [1.807, 2.05) is 26.0 Å². The highest BCUT2D eigenvalue weighted by molar-refractivity contribution is 5.81. The van der Waals surface area contributed by atoms with Gasteiger partial charge in [-0.15, -0.1) is 0 Å². The predicted molar refractivity (Wildman–Crippen MR) is 83.1 cm³/mol. The summed E-state index contributed by atoms with van der Waals surface area (Å²) in [5.74, 6) is 1.35. The number of hydrogen-bond donors (Lipinski definition) is 1. The van der Waals surface area contributed by atoms with Crippen molar-refractivity contribution in [2.45, 2.75) is 26.7 Å². The lowest BCUT2D eigenvalue weighted by Crippen LogP contribution is -2.29. The lowest BCUT2D eigenvalue weighted by molar-refractivity contribution is -0.120. The molecule has 1 aromatic rings. The van der Waals surface area contributed by atoms with E-state index in [2.05, 4.69) is 22.1 Å². The van der Waals surface area contributed by atoms with Crippen molar-refractivity contribution in [1.82, 2.24) is 9.97 Å². The van der Waals surface area contributed by atoms with Gasteiger partial charge in [0.25, 0.3) is 0 Å². The van der Waals surface area contributed by atoms with Gasteiger partial charge in [-0.1, -0.05) is 24.3 Å². The number of allylic oxidation sites excluding steroid dienone is 4. The molecule has 0 aromatic carbocycles. The molecule has 1 unspecified atom stereocenters. The lowest BCUT2D eigenvalue weighted by Gasteiger charge is -2.26. The molecule has 5 nitrogen and oxygen atoms in total. The highest BCUT2D eigenvalue weighted by atomic mass is 16.5. The molecule has 116 valence electrons. The Hall–Kier alpha value is -2.17. The largest absolute Gasteiger partial charge is 0.489 e. The minimum Gasteiger partial charge on any atom is -0.489 e. The summed E-state index contributed by atoms with van der Waals surface area (Å²) in [7, 11) is 0. The standard InChI is InChI=1S/C17H21N3O2/c1-11-15(9-19-12(2)20-11)22-10-17(8-14(17)16(18)21)13-6-4-3-5-7-13/h3-6,9,13-14H,7-8,10H2,1-2H3,(H2,18,21)/t13?,14-,17+/m0/s1. The molecule has 1 amide bonds. The third-order valence-electron chi connectivity index (χ3n) is 4.73. The Morgan fingerprint density at radius 1 is 1.45 bits per heavy atom. The maximum absolute atomic E-state index is 11.6. The molecular weight excluding hydrogens is 278 g/mol. The molecule has 2 N–H and O–H groups in total. The second-order valence-corrected chi connectivity index (χ2v) is 6.20. The van der Waals surface area contributed by atoms with Crippen LogP contribution >= 0.6 is 0 Å². The monoisotopic (exact) mass is 299 g/mol. The minimum absolute atomic E-state index is 0.111. The number of rotatable bonds is 5. The molecule has 5 heteroatoms. The second-order valence-electron chi connectivity index (χ2n) is 6.20. The Morgan fingerprint density at radius 3 is 2.86 bits per heavy atom. The lowest BCUT2D eigenvalue weighted by atomic mass is 9.82. The first kappa shape index (κ1) is 14.8. The third-order valence-corrected chi connectivity index (χ3v) is 4.73. The summed E-state index contributed by atoms with van der Waals surface area (Å²) in [6, 6.07) is 0. The molecule has 0 bridgehead atoms. The molecule has 22 heavy (non-hydrogen) atoms. The summed E-state index contributed by atoms with van der Waals surface area (Å²) >= 11 is 0. The smallest absolute Gasteiger partial charge is 0.221 e. The first-order chi connectivity index (χ1) is 10.5. The maximum Gasteiger partial charge on any atom is 0.221 e. The Bertz CT molecular complexity index is 653. The van der Waals surface area contributed by atoms with Crippen LogP contribution in [0.3, 0.4) is 0 Å². The molecule has 0 aliphatic heterocycles. The average Bonchev–Trinajstić information content (AvgIpc) is 3.24. The summed E-state index contributed by atoms with van der Waals surface area (Å²) in [4.78, 5) is 20.1. The number of nitrogens with zero attached hydrogens (tertiary/aromatic N) is 2. The summed E-state index contributed by atoms with van der Waals surface area (Å²) in [5, 5.41) is 0. The predicted octanol–water partition coefficient (Wildman–Crippen LogP) is 2.10. The van der Waals surface area contributed by atoms with E-state index in [4.69, 9.17) is 10.5 Å². The van der Waals surface area contributed by atoms with Gasteiger partial charge in [-0.25, -0.2) is 9.97 Å². The fourth-order valence-electron chi connectivity index (χ4n) is 3.31. The topological polar surface area (TPSA) is 78.1 Å². The van der Waals surface area contributed by atoms with Crippen LogP contribution in [0, 0.1) is 31.1 Å². The Labute approximate surface area is 130 Å². The summed E-state index contributed by atoms with van der Waals surface area (Å²) in [6.07, 6.45) is 11.8. The van der Waals surface area contributed by atoms with Crippen molar-refractivity contribution < 1.29 is 9.53 Å². The number of ether oxygens (including phenoxy) is 1. The van der Waals surface area contributed by atoms with Gasteiger partial charge < -0.3 is 10.5 Å². The van der Waals surface area contributed by atoms with Crippen LogP contribution in [0.4, 0.5) is 0 Å². The quantitative estimate of drug-likeness (QED) is 0.903. The van der Waals surface area contributed by atoms with Crippen molar-refractivity contribution >= 4 is 5.91 Å². The average molecular weight is 299 g/mol. The van der Waals surface area contributed by atoms with Crippen molar-refractivity contribution in [2.24, 2.45) is 23.0 Å². The van der Waals surface area contributed by atoms with Crippen LogP contribution in [0.25, 0.3) is 0 Å². The molecule has 0 saturated heterocycles. The fraction of sp³-hybridized carbons (Fsp3) is 0.471. The number of hydrogen-bond acceptors (Lipinski definition) is 4. The Kier molecular flexibility index (Phi) is 3.72. The van der Waals surface area contributed by atoms with Crippen molar-refractivity contribution in [2.75, 3.05) is 6.61 Å². The second kappa shape index (κ2) is 5.55. The van der Waals surface area contributed by atoms with Gasteiger partial charge in [0.05, 0.1) is 18.5 Å². The fourth-order valence-corrected chi connectivity index (χ4v) is 3.31. The first-order valence-electron chi connectivity index (χ1n) is 7.58. The number of aromatic nitrogens is 2. The Morgan fingerprint density at radius 2 is 2.27 bits per heavy atom. The van der Waals surface area contributed by atoms with E-state index in [1.165, 1.54) is 0 Å². The van der Waals surface area contributed by atoms with E-state index >= 15 is 0 Å². The molecule has 0 radical (unpaired) electrons. The summed E-state index contributed by atoms with van der Waals surface area (Å²) in [6.45, 7) is 4.22. The molecular formula is C17H21N3O2. The molecule has 0 spiro atoms. The normalized spacial score (nSPS) is 29.4. The molecule has 1 heterocycles. The molecule has 2 aliphatic carbocycles. The van der Waals surface area contributed by atoms with E-state index in [0.29, 0.717) is 18.3 Å². The van der Waals surface area contributed by atoms with Gasteiger partial charge >= 0.3 is 0 Å². The van der Waals surface area contributed by atoms with Crippen molar-refractivity contribution in [3.63, 3.8) is 0 Å². The van der Waals surface area contributed by atoms with E-state index in [9.17, 15) is 4.79 Å². The van der Waals surface area contributed by atoms with Crippen LogP contribution in [0.5, 0.6) is 5.75 Å². The van der Waals surface area contributed by atoms with Gasteiger partial charge in [0, 0.05) is 11.3 Å². The van der Waals surface area contributed by atoms with Crippen LogP contribution in [-0.2, 0) is 4.79 Å². The number of carbonyl (C=O) groups excluding carboxylic acids is 1. The van der Waals surface area contributed by atoms with Crippen LogP contribution in [0.1, 0.15) is 24.4 Å². The number of amides is 1. The van der Waals surface area contributed by atoms with E-state index in [0.717, 1.165) is 24.4 Å². The van der Waals surface area contributed by atoms with Crippen LogP contribution in [0.2, 0.25) is 0 Å². The summed E-state index contributed by atoms with van der Waals surface area (Å²) < 4.78 is 5.96. The molecule has 3 atom stereocenters. The Balaban J connectivity index is 1.76. The van der Waals surface area contributed by atoms with Crippen molar-refractivity contribution in [3.8, 4) is 5.75 Å². The minimum atomic E-state index is -0.233. The number of aryl methyl sites for hydroxylation is 2. The molecule has 1 aromatic heterocycles. The SMILES string of the molecule is Cc1ncc(OC[C@@]2(C3C=CC=CC3)C[C@H]2C(N)=O)c(C)n1. The van der Waals surface area contributed by atoms with Gasteiger partial charge in [0.1, 0.15) is 5.82 Å². The van der Waals surface area contributed by atoms with Crippen LogP contribution in [-0.4, -0.2) is 22.5 Å². The zero-order chi connectivity index (χ0) is 15.7. The van der Waals surface area contributed by atoms with Crippen LogP contribution in [0.15, 0.2) is 30.5 Å². The van der Waals surface area contributed by atoms with E-state index in [1.54, 1.807) is 6.20 Å². The van der Waals surface area contributed by atoms with Gasteiger partial charge in [0.15, 0.2) is 5.75 Å². The number of primary amides is 1. The van der Waals surface area contributed by atoms with Crippen molar-refractivity contribution in [1.29, 1.82) is 0 Å². The maximum atomic E-state index is 11.6. The molecule has 1 fully saturated rings. The zero-order valence-corrected chi connectivity index (χ0v) is 13.0. The van der Waals surface area contributed by atoms with Crippen LogP contribution < -0.4 is 10.5 Å². The first-order valence-corrected chi connectivity index (χ1v) is 7.58. The number of nitrogens with two attached hydrogens (primary N) is 1.